The number of aliphatic hydroxyl groups is 1. The molecule has 0 aromatic heterocycles. The lowest BCUT2D eigenvalue weighted by Crippen LogP contribution is -2.25. The molecule has 2 N–H and O–H groups in total. The topological polar surface area (TPSA) is 32.3 Å². The van der Waals surface area contributed by atoms with E-state index in [1.54, 1.807) is 0 Å². The highest BCUT2D eigenvalue weighted by molar-refractivity contribution is 5.23. The fourth-order valence-electron chi connectivity index (χ4n) is 2.83. The van der Waals surface area contributed by atoms with Crippen LogP contribution in [0.1, 0.15) is 35.6 Å². The molecular formula is C19H23NO. The van der Waals surface area contributed by atoms with Crippen LogP contribution in [0.2, 0.25) is 0 Å². The van der Waals surface area contributed by atoms with Gasteiger partial charge in [-0.15, -0.1) is 0 Å². The van der Waals surface area contributed by atoms with Crippen molar-refractivity contribution in [1.82, 2.24) is 5.32 Å². The minimum Gasteiger partial charge on any atom is -0.392 e. The quantitative estimate of drug-likeness (QED) is 0.814. The zero-order valence-electron chi connectivity index (χ0n) is 12.3. The SMILES string of the molecule is OCc1ccc(CCNC(c2ccccc2)C2CC2)cc1. The molecule has 1 fully saturated rings. The van der Waals surface area contributed by atoms with Gasteiger partial charge < -0.3 is 10.4 Å². The number of nitrogens with one attached hydrogen (secondary N) is 1. The van der Waals surface area contributed by atoms with Crippen LogP contribution in [0, 0.1) is 5.92 Å². The van der Waals surface area contributed by atoms with Crippen LogP contribution in [0.4, 0.5) is 0 Å². The average molecular weight is 281 g/mol. The third-order valence-corrected chi connectivity index (χ3v) is 4.24. The molecule has 0 aliphatic heterocycles. The fraction of sp³-hybridized carbons (Fsp3) is 0.368. The highest BCUT2D eigenvalue weighted by Gasteiger charge is 2.31. The van der Waals surface area contributed by atoms with E-state index >= 15 is 0 Å². The Bertz CT molecular complexity index is 546. The first-order valence-corrected chi connectivity index (χ1v) is 7.84. The van der Waals surface area contributed by atoms with E-state index in [0.717, 1.165) is 24.4 Å². The summed E-state index contributed by atoms with van der Waals surface area (Å²) in [5.74, 6) is 0.809. The van der Waals surface area contributed by atoms with Crippen molar-refractivity contribution < 1.29 is 5.11 Å². The van der Waals surface area contributed by atoms with Crippen molar-refractivity contribution in [1.29, 1.82) is 0 Å². The summed E-state index contributed by atoms with van der Waals surface area (Å²) in [6.45, 7) is 1.12. The maximum absolute atomic E-state index is 9.06. The Morgan fingerprint density at radius 1 is 0.952 bits per heavy atom. The first kappa shape index (κ1) is 14.3. The van der Waals surface area contributed by atoms with Gasteiger partial charge in [-0.3, -0.25) is 0 Å². The van der Waals surface area contributed by atoms with Crippen molar-refractivity contribution in [2.75, 3.05) is 6.54 Å². The molecule has 2 heteroatoms. The summed E-state index contributed by atoms with van der Waals surface area (Å²) >= 11 is 0. The van der Waals surface area contributed by atoms with Gasteiger partial charge in [0.1, 0.15) is 0 Å². The van der Waals surface area contributed by atoms with E-state index in [-0.39, 0.29) is 6.61 Å². The van der Waals surface area contributed by atoms with Crippen LogP contribution in [-0.4, -0.2) is 11.7 Å². The standard InChI is InChI=1S/C19H23NO/c21-14-16-8-6-15(7-9-16)12-13-20-19(18-10-11-18)17-4-2-1-3-5-17/h1-9,18-21H,10-14H2. The van der Waals surface area contributed by atoms with E-state index in [2.05, 4.69) is 47.8 Å². The molecular weight excluding hydrogens is 258 g/mol. The average Bonchev–Trinajstić information content (AvgIpc) is 3.38. The molecule has 0 heterocycles. The summed E-state index contributed by atoms with van der Waals surface area (Å²) in [6, 6.07) is 19.5. The molecule has 3 rings (SSSR count). The summed E-state index contributed by atoms with van der Waals surface area (Å²) < 4.78 is 0. The molecule has 0 spiro atoms. The fourth-order valence-corrected chi connectivity index (χ4v) is 2.83. The Kier molecular flexibility index (Phi) is 4.69. The van der Waals surface area contributed by atoms with Crippen molar-refractivity contribution in [3.63, 3.8) is 0 Å². The minimum atomic E-state index is 0.121. The zero-order valence-corrected chi connectivity index (χ0v) is 12.3. The molecule has 0 radical (unpaired) electrons. The van der Waals surface area contributed by atoms with Crippen molar-refractivity contribution in [2.45, 2.75) is 31.9 Å². The molecule has 0 saturated heterocycles. The lowest BCUT2D eigenvalue weighted by atomic mass is 10.0. The molecule has 1 atom stereocenters. The van der Waals surface area contributed by atoms with E-state index in [9.17, 15) is 0 Å². The second-order valence-corrected chi connectivity index (χ2v) is 5.90. The third kappa shape index (κ3) is 3.93. The Morgan fingerprint density at radius 2 is 1.62 bits per heavy atom. The van der Waals surface area contributed by atoms with Crippen molar-refractivity contribution in [3.8, 4) is 0 Å². The van der Waals surface area contributed by atoms with Crippen LogP contribution < -0.4 is 5.32 Å². The molecule has 2 aromatic carbocycles. The Labute approximate surface area is 126 Å². The van der Waals surface area contributed by atoms with E-state index < -0.39 is 0 Å². The van der Waals surface area contributed by atoms with Gasteiger partial charge in [-0.2, -0.15) is 0 Å². The zero-order chi connectivity index (χ0) is 14.5. The molecule has 1 saturated carbocycles. The lowest BCUT2D eigenvalue weighted by Gasteiger charge is -2.19. The van der Waals surface area contributed by atoms with Gasteiger partial charge in [0, 0.05) is 6.04 Å². The molecule has 0 bridgehead atoms. The molecule has 21 heavy (non-hydrogen) atoms. The van der Waals surface area contributed by atoms with Crippen LogP contribution in [-0.2, 0) is 13.0 Å². The van der Waals surface area contributed by atoms with Gasteiger partial charge >= 0.3 is 0 Å². The van der Waals surface area contributed by atoms with E-state index in [0.29, 0.717) is 6.04 Å². The van der Waals surface area contributed by atoms with Crippen molar-refractivity contribution in [3.05, 3.63) is 71.3 Å². The summed E-state index contributed by atoms with van der Waals surface area (Å²) in [7, 11) is 0. The Balaban J connectivity index is 1.55. The predicted octanol–water partition coefficient (Wildman–Crippen LogP) is 3.46. The molecule has 1 aliphatic carbocycles. The lowest BCUT2D eigenvalue weighted by molar-refractivity contribution is 0.282. The van der Waals surface area contributed by atoms with Gasteiger partial charge in [0.05, 0.1) is 6.61 Å². The number of hydrogen-bond acceptors (Lipinski definition) is 2. The molecule has 2 nitrogen and oxygen atoms in total. The van der Waals surface area contributed by atoms with Gasteiger partial charge in [0.25, 0.3) is 0 Å². The van der Waals surface area contributed by atoms with Gasteiger partial charge in [0.2, 0.25) is 0 Å². The van der Waals surface area contributed by atoms with Crippen LogP contribution >= 0.6 is 0 Å². The largest absolute Gasteiger partial charge is 0.392 e. The number of hydrogen-bond donors (Lipinski definition) is 2. The summed E-state index contributed by atoms with van der Waals surface area (Å²) in [5.41, 5.74) is 3.71. The molecule has 1 unspecified atom stereocenters. The van der Waals surface area contributed by atoms with E-state index in [4.69, 9.17) is 5.11 Å². The van der Waals surface area contributed by atoms with Gasteiger partial charge in [0.15, 0.2) is 0 Å². The smallest absolute Gasteiger partial charge is 0.0681 e. The maximum Gasteiger partial charge on any atom is 0.0681 e. The molecule has 110 valence electrons. The van der Waals surface area contributed by atoms with Crippen LogP contribution in [0.3, 0.4) is 0 Å². The van der Waals surface area contributed by atoms with Crippen LogP contribution in [0.5, 0.6) is 0 Å². The molecule has 1 aliphatic rings. The van der Waals surface area contributed by atoms with Crippen LogP contribution in [0.15, 0.2) is 54.6 Å². The first-order chi connectivity index (χ1) is 10.4. The number of benzene rings is 2. The Hall–Kier alpha value is -1.64. The second-order valence-electron chi connectivity index (χ2n) is 5.90. The minimum absolute atomic E-state index is 0.121. The highest BCUT2D eigenvalue weighted by Crippen LogP contribution is 2.40. The monoisotopic (exact) mass is 281 g/mol. The van der Waals surface area contributed by atoms with Gasteiger partial charge in [-0.1, -0.05) is 54.6 Å². The normalized spacial score (nSPS) is 15.9. The third-order valence-electron chi connectivity index (χ3n) is 4.24. The summed E-state index contributed by atoms with van der Waals surface area (Å²) in [5, 5.41) is 12.8. The summed E-state index contributed by atoms with van der Waals surface area (Å²) in [4.78, 5) is 0. The first-order valence-electron chi connectivity index (χ1n) is 7.84. The van der Waals surface area contributed by atoms with Crippen molar-refractivity contribution in [2.24, 2.45) is 5.92 Å². The van der Waals surface area contributed by atoms with Crippen LogP contribution in [0.25, 0.3) is 0 Å². The second kappa shape index (κ2) is 6.88. The molecule has 0 amide bonds. The van der Waals surface area contributed by atoms with Gasteiger partial charge in [-0.25, -0.2) is 0 Å². The molecule has 2 aromatic rings. The summed E-state index contributed by atoms with van der Waals surface area (Å²) in [6.07, 6.45) is 3.72. The Morgan fingerprint density at radius 3 is 2.24 bits per heavy atom. The number of rotatable bonds is 7. The maximum atomic E-state index is 9.06. The van der Waals surface area contributed by atoms with E-state index in [1.165, 1.54) is 24.0 Å². The number of aliphatic hydroxyl groups excluding tert-OH is 1. The highest BCUT2D eigenvalue weighted by atomic mass is 16.3. The van der Waals surface area contributed by atoms with Gasteiger partial charge in [-0.05, 0) is 48.4 Å². The van der Waals surface area contributed by atoms with E-state index in [1.807, 2.05) is 12.1 Å². The van der Waals surface area contributed by atoms with Crippen molar-refractivity contribution >= 4 is 0 Å². The predicted molar refractivity (Wildman–Crippen MR) is 86.0 cm³/mol.